The predicted molar refractivity (Wildman–Crippen MR) is 65.0 cm³/mol. The number of guanidine groups is 1. The zero-order valence-corrected chi connectivity index (χ0v) is 9.10. The smallest absolute Gasteiger partial charge is 0.195 e. The third kappa shape index (κ3) is 2.76. The molecule has 1 aromatic heterocycles. The number of rotatable bonds is 2. The molecule has 1 N–H and O–H groups in total. The lowest BCUT2D eigenvalue weighted by molar-refractivity contribution is 0.149. The van der Waals surface area contributed by atoms with Crippen LogP contribution in [0.25, 0.3) is 0 Å². The highest BCUT2D eigenvalue weighted by atomic mass is 16.3. The summed E-state index contributed by atoms with van der Waals surface area (Å²) in [5, 5.41) is 3.24. The van der Waals surface area contributed by atoms with Gasteiger partial charge in [0.1, 0.15) is 5.76 Å². The molecule has 1 fully saturated rings. The number of nitrogens with one attached hydrogen (secondary N) is 1. The fraction of sp³-hybridized carbons (Fsp3) is 0.545. The summed E-state index contributed by atoms with van der Waals surface area (Å²) in [5.74, 6) is 1.92. The molecule has 0 aliphatic carbocycles. The van der Waals surface area contributed by atoms with E-state index in [1.165, 1.54) is 0 Å². The van der Waals surface area contributed by atoms with Gasteiger partial charge in [0, 0.05) is 14.1 Å². The van der Waals surface area contributed by atoms with Gasteiger partial charge in [-0.15, -0.1) is 0 Å². The Morgan fingerprint density at radius 3 is 2.94 bits per heavy atom. The van der Waals surface area contributed by atoms with Gasteiger partial charge in [-0.25, -0.2) is 0 Å². The summed E-state index contributed by atoms with van der Waals surface area (Å²) in [6.45, 7) is 2.49. The summed E-state index contributed by atoms with van der Waals surface area (Å²) >= 11 is 0. The van der Waals surface area contributed by atoms with E-state index in [1.807, 2.05) is 19.2 Å². The largest absolute Gasteiger partial charge is 0.468 e. The average Bonchev–Trinajstić information content (AvgIpc) is 2.71. The van der Waals surface area contributed by atoms with Gasteiger partial charge in [-0.1, -0.05) is 7.43 Å². The first kappa shape index (κ1) is 12.6. The summed E-state index contributed by atoms with van der Waals surface area (Å²) < 4.78 is 5.31. The lowest BCUT2D eigenvalue weighted by atomic mass is 10.4. The Hall–Kier alpha value is -1.49. The lowest BCUT2D eigenvalue weighted by Crippen LogP contribution is -2.54. The molecule has 5 nitrogen and oxygen atoms in total. The molecule has 5 heteroatoms. The van der Waals surface area contributed by atoms with Gasteiger partial charge < -0.3 is 14.6 Å². The second-order valence-electron chi connectivity index (χ2n) is 3.63. The zero-order chi connectivity index (χ0) is 10.7. The van der Waals surface area contributed by atoms with E-state index in [1.54, 1.807) is 13.3 Å². The maximum Gasteiger partial charge on any atom is 0.195 e. The molecular weight excluding hydrogens is 204 g/mol. The van der Waals surface area contributed by atoms with Gasteiger partial charge in [0.05, 0.1) is 26.1 Å². The summed E-state index contributed by atoms with van der Waals surface area (Å²) in [7, 11) is 3.81. The molecule has 2 rings (SSSR count). The molecule has 1 aromatic rings. The van der Waals surface area contributed by atoms with Gasteiger partial charge in [-0.3, -0.25) is 9.89 Å². The molecule has 0 radical (unpaired) electrons. The molecule has 0 unspecified atom stereocenters. The highest BCUT2D eigenvalue weighted by molar-refractivity contribution is 5.79. The maximum absolute atomic E-state index is 5.31. The van der Waals surface area contributed by atoms with E-state index >= 15 is 0 Å². The predicted octanol–water partition coefficient (Wildman–Crippen LogP) is 1.15. The van der Waals surface area contributed by atoms with Gasteiger partial charge in [0.2, 0.25) is 0 Å². The fourth-order valence-corrected chi connectivity index (χ4v) is 1.71. The van der Waals surface area contributed by atoms with E-state index in [9.17, 15) is 0 Å². The van der Waals surface area contributed by atoms with Crippen LogP contribution < -0.4 is 5.32 Å². The molecule has 0 spiro atoms. The van der Waals surface area contributed by atoms with Crippen LogP contribution in [0, 0.1) is 0 Å². The summed E-state index contributed by atoms with van der Waals surface area (Å²) in [6, 6.07) is 3.90. The van der Waals surface area contributed by atoms with Crippen molar-refractivity contribution in [2.45, 2.75) is 14.0 Å². The molecular formula is C11H20N4O. The van der Waals surface area contributed by atoms with E-state index in [-0.39, 0.29) is 7.43 Å². The number of hydrogen-bond donors (Lipinski definition) is 1. The van der Waals surface area contributed by atoms with Crippen molar-refractivity contribution in [3.8, 4) is 0 Å². The fourth-order valence-electron chi connectivity index (χ4n) is 1.71. The Balaban J connectivity index is 0.00000128. The van der Waals surface area contributed by atoms with Crippen LogP contribution in [-0.4, -0.2) is 43.2 Å². The highest BCUT2D eigenvalue weighted by Crippen LogP contribution is 2.07. The van der Waals surface area contributed by atoms with Crippen LogP contribution in [0.1, 0.15) is 13.2 Å². The van der Waals surface area contributed by atoms with Crippen LogP contribution in [-0.2, 0) is 6.54 Å². The molecule has 0 amide bonds. The van der Waals surface area contributed by atoms with E-state index in [0.717, 1.165) is 31.6 Å². The van der Waals surface area contributed by atoms with Crippen molar-refractivity contribution in [1.82, 2.24) is 15.1 Å². The number of furan rings is 1. The third-order valence-electron chi connectivity index (χ3n) is 2.41. The zero-order valence-electron chi connectivity index (χ0n) is 9.10. The Labute approximate surface area is 96.7 Å². The Morgan fingerprint density at radius 2 is 2.38 bits per heavy atom. The monoisotopic (exact) mass is 224 g/mol. The Morgan fingerprint density at radius 1 is 1.56 bits per heavy atom. The average molecular weight is 224 g/mol. The van der Waals surface area contributed by atoms with E-state index in [2.05, 4.69) is 20.1 Å². The van der Waals surface area contributed by atoms with Gasteiger partial charge in [0.15, 0.2) is 5.96 Å². The van der Waals surface area contributed by atoms with Crippen LogP contribution in [0.5, 0.6) is 0 Å². The minimum Gasteiger partial charge on any atom is -0.468 e. The second kappa shape index (κ2) is 5.55. The first-order valence-electron chi connectivity index (χ1n) is 4.96. The molecule has 0 bridgehead atoms. The van der Waals surface area contributed by atoms with Gasteiger partial charge >= 0.3 is 0 Å². The first-order chi connectivity index (χ1) is 7.29. The van der Waals surface area contributed by atoms with Crippen LogP contribution in [0.4, 0.5) is 0 Å². The van der Waals surface area contributed by atoms with Gasteiger partial charge in [-0.05, 0) is 12.1 Å². The molecule has 1 saturated heterocycles. The molecule has 1 aliphatic heterocycles. The van der Waals surface area contributed by atoms with Crippen LogP contribution in [0.3, 0.4) is 0 Å². The minimum absolute atomic E-state index is 0. The molecule has 2 heterocycles. The van der Waals surface area contributed by atoms with Crippen molar-refractivity contribution < 1.29 is 4.42 Å². The third-order valence-corrected chi connectivity index (χ3v) is 2.41. The van der Waals surface area contributed by atoms with Gasteiger partial charge in [0.25, 0.3) is 0 Å². The second-order valence-corrected chi connectivity index (χ2v) is 3.63. The van der Waals surface area contributed by atoms with E-state index < -0.39 is 0 Å². The normalized spacial score (nSPS) is 19.4. The van der Waals surface area contributed by atoms with Crippen molar-refractivity contribution in [3.63, 3.8) is 0 Å². The summed E-state index contributed by atoms with van der Waals surface area (Å²) in [4.78, 5) is 8.46. The van der Waals surface area contributed by atoms with E-state index in [4.69, 9.17) is 4.42 Å². The van der Waals surface area contributed by atoms with Crippen molar-refractivity contribution >= 4 is 5.96 Å². The van der Waals surface area contributed by atoms with Crippen LogP contribution in [0.2, 0.25) is 0 Å². The topological polar surface area (TPSA) is 44.0 Å². The number of nitrogens with zero attached hydrogens (tertiary/aromatic N) is 3. The molecule has 0 saturated carbocycles. The number of hydrogen-bond acceptors (Lipinski definition) is 3. The highest BCUT2D eigenvalue weighted by Gasteiger charge is 2.18. The maximum atomic E-state index is 5.31. The molecule has 1 aliphatic rings. The molecule has 16 heavy (non-hydrogen) atoms. The standard InChI is InChI=1S/C10H16N4O.CH4/c1-11-10-12-7-14(8-13(10)2)6-9-4-3-5-15-9;/h3-5H,6-8H2,1-2H3,(H,11,12);1H4. The van der Waals surface area contributed by atoms with E-state index in [0.29, 0.717) is 0 Å². The van der Waals surface area contributed by atoms with Crippen molar-refractivity contribution in [1.29, 1.82) is 0 Å². The molecule has 0 aromatic carbocycles. The SMILES string of the molecule is C.CN=C1NCN(Cc2ccco2)CN1C. The summed E-state index contributed by atoms with van der Waals surface area (Å²) in [5.41, 5.74) is 0. The quantitative estimate of drug-likeness (QED) is 0.818. The van der Waals surface area contributed by atoms with Gasteiger partial charge in [-0.2, -0.15) is 0 Å². The Bertz CT molecular complexity index is 334. The lowest BCUT2D eigenvalue weighted by Gasteiger charge is -2.35. The summed E-state index contributed by atoms with van der Waals surface area (Å²) in [6.07, 6.45) is 1.70. The Kier molecular flexibility index (Phi) is 4.37. The van der Waals surface area contributed by atoms with Crippen LogP contribution in [0.15, 0.2) is 27.8 Å². The van der Waals surface area contributed by atoms with Crippen molar-refractivity contribution in [3.05, 3.63) is 24.2 Å². The molecule has 90 valence electrons. The minimum atomic E-state index is 0. The molecule has 0 atom stereocenters. The van der Waals surface area contributed by atoms with Crippen LogP contribution >= 0.6 is 0 Å². The number of aliphatic imine (C=N–C) groups is 1. The van der Waals surface area contributed by atoms with Crippen molar-refractivity contribution in [2.75, 3.05) is 27.4 Å². The van der Waals surface area contributed by atoms with Crippen molar-refractivity contribution in [2.24, 2.45) is 4.99 Å². The first-order valence-corrected chi connectivity index (χ1v) is 4.96.